The highest BCUT2D eigenvalue weighted by atomic mass is 16.5. The summed E-state index contributed by atoms with van der Waals surface area (Å²) in [7, 11) is 3.27. The van der Waals surface area contributed by atoms with Crippen LogP contribution in [0.2, 0.25) is 0 Å². The molecule has 4 heteroatoms. The fourth-order valence-corrected chi connectivity index (χ4v) is 2.86. The smallest absolute Gasteiger partial charge is 0.306 e. The highest BCUT2D eigenvalue weighted by Gasteiger charge is 2.25. The minimum absolute atomic E-state index is 0.125. The highest BCUT2D eigenvalue weighted by molar-refractivity contribution is 5.71. The Balaban J connectivity index is 2.27. The lowest BCUT2D eigenvalue weighted by molar-refractivity contribution is -0.143. The van der Waals surface area contributed by atoms with E-state index in [-0.39, 0.29) is 11.9 Å². The van der Waals surface area contributed by atoms with Crippen LogP contribution in [0.1, 0.15) is 43.2 Å². The molecule has 1 aromatic rings. The van der Waals surface area contributed by atoms with Crippen molar-refractivity contribution in [1.29, 1.82) is 0 Å². The summed E-state index contributed by atoms with van der Waals surface area (Å²) in [5.74, 6) is 1.57. The van der Waals surface area contributed by atoms with Crippen molar-refractivity contribution >= 4 is 5.97 Å². The van der Waals surface area contributed by atoms with Gasteiger partial charge in [0.05, 0.1) is 27.2 Å². The number of benzene rings is 1. The summed E-state index contributed by atoms with van der Waals surface area (Å²) >= 11 is 0. The highest BCUT2D eigenvalue weighted by Crippen LogP contribution is 2.40. The molecule has 1 aromatic carbocycles. The number of methoxy groups -OCH3 is 2. The van der Waals surface area contributed by atoms with Gasteiger partial charge in [0.2, 0.25) is 0 Å². The molecular formula is C16H22O4. The van der Waals surface area contributed by atoms with Crippen molar-refractivity contribution < 1.29 is 19.0 Å². The second-order valence-electron chi connectivity index (χ2n) is 5.00. The maximum Gasteiger partial charge on any atom is 0.306 e. The largest absolute Gasteiger partial charge is 0.493 e. The van der Waals surface area contributed by atoms with E-state index in [0.717, 1.165) is 30.8 Å². The molecule has 0 N–H and O–H groups in total. The quantitative estimate of drug-likeness (QED) is 0.776. The van der Waals surface area contributed by atoms with Crippen LogP contribution in [0.4, 0.5) is 0 Å². The molecule has 1 aliphatic carbocycles. The summed E-state index contributed by atoms with van der Waals surface area (Å²) in [5, 5.41) is 0. The first kappa shape index (κ1) is 14.7. The van der Waals surface area contributed by atoms with Crippen LogP contribution in [0.3, 0.4) is 0 Å². The summed E-state index contributed by atoms with van der Waals surface area (Å²) in [5.41, 5.74) is 2.45. The molecule has 4 nitrogen and oxygen atoms in total. The van der Waals surface area contributed by atoms with Gasteiger partial charge in [-0.15, -0.1) is 0 Å². The van der Waals surface area contributed by atoms with Crippen LogP contribution in [0.5, 0.6) is 11.5 Å². The third-order valence-corrected chi connectivity index (χ3v) is 3.80. The van der Waals surface area contributed by atoms with Crippen LogP contribution in [0.15, 0.2) is 12.1 Å². The predicted molar refractivity (Wildman–Crippen MR) is 76.5 cm³/mol. The van der Waals surface area contributed by atoms with Gasteiger partial charge in [0, 0.05) is 0 Å². The molecule has 0 amide bonds. The number of carbonyl (C=O) groups is 1. The lowest BCUT2D eigenvalue weighted by atomic mass is 9.81. The standard InChI is InChI=1S/C16H22O4/c1-4-20-16(17)9-12-7-5-6-11-8-14(18-2)15(19-3)10-13(11)12/h8,10,12H,4-7,9H2,1-3H3/t12-/m0/s1. The molecule has 0 heterocycles. The van der Waals surface area contributed by atoms with Gasteiger partial charge in [-0.3, -0.25) is 4.79 Å². The fraction of sp³-hybridized carbons (Fsp3) is 0.562. The van der Waals surface area contributed by atoms with Gasteiger partial charge in [-0.1, -0.05) is 0 Å². The maximum absolute atomic E-state index is 11.7. The van der Waals surface area contributed by atoms with E-state index < -0.39 is 0 Å². The summed E-state index contributed by atoms with van der Waals surface area (Å²) in [6.07, 6.45) is 3.57. The Morgan fingerprint density at radius 1 is 1.25 bits per heavy atom. The lowest BCUT2D eigenvalue weighted by Gasteiger charge is -2.26. The Labute approximate surface area is 120 Å². The number of ether oxygens (including phenoxy) is 3. The van der Waals surface area contributed by atoms with E-state index in [0.29, 0.717) is 13.0 Å². The van der Waals surface area contributed by atoms with E-state index in [1.807, 2.05) is 19.1 Å². The van der Waals surface area contributed by atoms with Gasteiger partial charge in [-0.05, 0) is 55.4 Å². The number of aryl methyl sites for hydroxylation is 1. The SMILES string of the molecule is CCOC(=O)C[C@@H]1CCCc2cc(OC)c(OC)cc21. The molecular weight excluding hydrogens is 256 g/mol. The van der Waals surface area contributed by atoms with Gasteiger partial charge in [0.25, 0.3) is 0 Å². The molecule has 0 radical (unpaired) electrons. The van der Waals surface area contributed by atoms with Crippen LogP contribution in [0.25, 0.3) is 0 Å². The van der Waals surface area contributed by atoms with Crippen LogP contribution in [-0.2, 0) is 16.0 Å². The molecule has 0 fully saturated rings. The first-order chi connectivity index (χ1) is 9.69. The molecule has 1 atom stereocenters. The molecule has 0 aliphatic heterocycles. The minimum atomic E-state index is -0.125. The Hall–Kier alpha value is -1.71. The van der Waals surface area contributed by atoms with Crippen molar-refractivity contribution in [1.82, 2.24) is 0 Å². The first-order valence-electron chi connectivity index (χ1n) is 7.10. The number of fused-ring (bicyclic) bond motifs is 1. The summed E-state index contributed by atoms with van der Waals surface area (Å²) in [6.45, 7) is 2.27. The molecule has 0 unspecified atom stereocenters. The molecule has 20 heavy (non-hydrogen) atoms. The van der Waals surface area contributed by atoms with E-state index in [4.69, 9.17) is 14.2 Å². The summed E-state index contributed by atoms with van der Waals surface area (Å²) in [6, 6.07) is 4.04. The number of esters is 1. The van der Waals surface area contributed by atoms with Gasteiger partial charge in [-0.2, -0.15) is 0 Å². The van der Waals surface area contributed by atoms with E-state index >= 15 is 0 Å². The minimum Gasteiger partial charge on any atom is -0.493 e. The molecule has 110 valence electrons. The number of rotatable bonds is 5. The van der Waals surface area contributed by atoms with Crippen LogP contribution < -0.4 is 9.47 Å². The van der Waals surface area contributed by atoms with Crippen LogP contribution in [-0.4, -0.2) is 26.8 Å². The second kappa shape index (κ2) is 6.64. The average molecular weight is 278 g/mol. The summed E-state index contributed by atoms with van der Waals surface area (Å²) < 4.78 is 15.8. The second-order valence-corrected chi connectivity index (χ2v) is 5.00. The Bertz CT molecular complexity index is 482. The van der Waals surface area contributed by atoms with Crippen LogP contribution in [0, 0.1) is 0 Å². The van der Waals surface area contributed by atoms with Gasteiger partial charge in [0.1, 0.15) is 0 Å². The molecule has 0 saturated carbocycles. The molecule has 0 saturated heterocycles. The zero-order chi connectivity index (χ0) is 14.5. The molecule has 0 aromatic heterocycles. The third kappa shape index (κ3) is 3.06. The monoisotopic (exact) mass is 278 g/mol. The third-order valence-electron chi connectivity index (χ3n) is 3.80. The Kier molecular flexibility index (Phi) is 4.88. The van der Waals surface area contributed by atoms with E-state index in [2.05, 4.69) is 0 Å². The van der Waals surface area contributed by atoms with Crippen molar-refractivity contribution in [2.24, 2.45) is 0 Å². The van der Waals surface area contributed by atoms with E-state index in [9.17, 15) is 4.79 Å². The van der Waals surface area contributed by atoms with E-state index in [1.165, 1.54) is 11.1 Å². The van der Waals surface area contributed by atoms with Crippen molar-refractivity contribution in [3.05, 3.63) is 23.3 Å². The van der Waals surface area contributed by atoms with Gasteiger partial charge >= 0.3 is 5.97 Å². The van der Waals surface area contributed by atoms with E-state index in [1.54, 1.807) is 14.2 Å². The zero-order valence-corrected chi connectivity index (χ0v) is 12.4. The van der Waals surface area contributed by atoms with Gasteiger partial charge in [0.15, 0.2) is 11.5 Å². The summed E-state index contributed by atoms with van der Waals surface area (Å²) in [4.78, 5) is 11.7. The molecule has 2 rings (SSSR count). The van der Waals surface area contributed by atoms with Crippen LogP contribution >= 0.6 is 0 Å². The van der Waals surface area contributed by atoms with Gasteiger partial charge < -0.3 is 14.2 Å². The Morgan fingerprint density at radius 3 is 2.60 bits per heavy atom. The molecule has 0 spiro atoms. The fourth-order valence-electron chi connectivity index (χ4n) is 2.86. The van der Waals surface area contributed by atoms with Crippen molar-refractivity contribution in [3.8, 4) is 11.5 Å². The first-order valence-corrected chi connectivity index (χ1v) is 7.10. The van der Waals surface area contributed by atoms with Crippen molar-refractivity contribution in [3.63, 3.8) is 0 Å². The zero-order valence-electron chi connectivity index (χ0n) is 12.4. The number of hydrogen-bond donors (Lipinski definition) is 0. The van der Waals surface area contributed by atoms with Crippen molar-refractivity contribution in [2.75, 3.05) is 20.8 Å². The topological polar surface area (TPSA) is 44.8 Å². The normalized spacial score (nSPS) is 17.2. The average Bonchev–Trinajstić information content (AvgIpc) is 2.46. The molecule has 0 bridgehead atoms. The molecule has 1 aliphatic rings. The maximum atomic E-state index is 11.7. The van der Waals surface area contributed by atoms with Gasteiger partial charge in [-0.25, -0.2) is 0 Å². The lowest BCUT2D eigenvalue weighted by Crippen LogP contribution is -2.16. The number of carbonyl (C=O) groups excluding carboxylic acids is 1. The predicted octanol–water partition coefficient (Wildman–Crippen LogP) is 3.08. The number of hydrogen-bond acceptors (Lipinski definition) is 4. The van der Waals surface area contributed by atoms with Crippen molar-refractivity contribution in [2.45, 2.75) is 38.5 Å². The Morgan fingerprint density at radius 2 is 1.95 bits per heavy atom.